The number of nitrogens with zero attached hydrogens (tertiary/aromatic N) is 1. The molecule has 0 aromatic carbocycles. The molecular formula is C9H14N2O2S2. The van der Waals surface area contributed by atoms with Crippen molar-refractivity contribution in [2.45, 2.75) is 18.2 Å². The van der Waals surface area contributed by atoms with E-state index < -0.39 is 6.04 Å². The molecule has 1 heterocycles. The molecule has 1 rings (SSSR count). The van der Waals surface area contributed by atoms with Gasteiger partial charge in [0.2, 0.25) is 0 Å². The molecule has 0 bridgehead atoms. The van der Waals surface area contributed by atoms with Gasteiger partial charge in [0, 0.05) is 11.1 Å². The predicted molar refractivity (Wildman–Crippen MR) is 62.9 cm³/mol. The molecule has 0 aliphatic carbocycles. The molecule has 1 unspecified atom stereocenters. The summed E-state index contributed by atoms with van der Waals surface area (Å²) in [5.41, 5.74) is 8.48. The number of nitrogens with two attached hydrogens (primary N) is 1. The van der Waals surface area contributed by atoms with Crippen molar-refractivity contribution in [2.24, 2.45) is 5.73 Å². The van der Waals surface area contributed by atoms with E-state index in [9.17, 15) is 4.79 Å². The van der Waals surface area contributed by atoms with Crippen LogP contribution in [0.3, 0.4) is 0 Å². The second-order valence-corrected chi connectivity index (χ2v) is 4.77. The summed E-state index contributed by atoms with van der Waals surface area (Å²) in [5.74, 6) is 1.37. The fraction of sp³-hybridized carbons (Fsp3) is 0.556. The summed E-state index contributed by atoms with van der Waals surface area (Å²) in [4.78, 5) is 15.1. The standard InChI is InChI=1S/C9H14N2O2S2/c1-13-9(12)8(10)2-3-14-4-7-5-15-6-11-7/h5-6,8H,2-4,10H2,1H3. The average molecular weight is 246 g/mol. The normalized spacial score (nSPS) is 12.4. The van der Waals surface area contributed by atoms with Gasteiger partial charge in [0.25, 0.3) is 0 Å². The molecule has 0 aliphatic heterocycles. The third kappa shape index (κ3) is 4.63. The van der Waals surface area contributed by atoms with Crippen LogP contribution in [0.2, 0.25) is 0 Å². The molecule has 0 fully saturated rings. The Morgan fingerprint density at radius 2 is 2.60 bits per heavy atom. The molecule has 15 heavy (non-hydrogen) atoms. The van der Waals surface area contributed by atoms with Crippen molar-refractivity contribution in [1.82, 2.24) is 4.98 Å². The first kappa shape index (κ1) is 12.5. The van der Waals surface area contributed by atoms with E-state index in [1.165, 1.54) is 7.11 Å². The Kier molecular flexibility index (Phi) is 5.67. The third-order valence-electron chi connectivity index (χ3n) is 1.81. The van der Waals surface area contributed by atoms with Gasteiger partial charge in [-0.3, -0.25) is 4.79 Å². The average Bonchev–Trinajstić information content (AvgIpc) is 2.75. The van der Waals surface area contributed by atoms with Gasteiger partial charge in [-0.2, -0.15) is 11.8 Å². The molecule has 0 aliphatic rings. The zero-order chi connectivity index (χ0) is 11.1. The number of hydrogen-bond donors (Lipinski definition) is 1. The minimum Gasteiger partial charge on any atom is -0.468 e. The predicted octanol–water partition coefficient (Wildman–Crippen LogP) is 1.27. The second-order valence-electron chi connectivity index (χ2n) is 2.95. The number of thioether (sulfide) groups is 1. The Bertz CT molecular complexity index is 290. The zero-order valence-electron chi connectivity index (χ0n) is 8.51. The highest BCUT2D eigenvalue weighted by atomic mass is 32.2. The first-order chi connectivity index (χ1) is 7.24. The first-order valence-electron chi connectivity index (χ1n) is 4.52. The quantitative estimate of drug-likeness (QED) is 0.605. The van der Waals surface area contributed by atoms with E-state index in [-0.39, 0.29) is 5.97 Å². The van der Waals surface area contributed by atoms with Gasteiger partial charge in [-0.25, -0.2) is 4.98 Å². The van der Waals surface area contributed by atoms with Gasteiger partial charge in [-0.05, 0) is 12.2 Å². The van der Waals surface area contributed by atoms with E-state index in [2.05, 4.69) is 9.72 Å². The molecule has 0 saturated carbocycles. The molecule has 1 aromatic heterocycles. The fourth-order valence-corrected chi connectivity index (χ4v) is 2.56. The summed E-state index contributed by atoms with van der Waals surface area (Å²) < 4.78 is 4.53. The summed E-state index contributed by atoms with van der Waals surface area (Å²) in [6.45, 7) is 0. The van der Waals surface area contributed by atoms with Crippen molar-refractivity contribution in [3.05, 3.63) is 16.6 Å². The molecular weight excluding hydrogens is 232 g/mol. The lowest BCUT2D eigenvalue weighted by atomic mass is 10.2. The Balaban J connectivity index is 2.09. The Morgan fingerprint density at radius 3 is 3.20 bits per heavy atom. The summed E-state index contributed by atoms with van der Waals surface area (Å²) in [6.07, 6.45) is 0.640. The Labute approximate surface area is 97.2 Å². The van der Waals surface area contributed by atoms with Crippen LogP contribution in [0.5, 0.6) is 0 Å². The van der Waals surface area contributed by atoms with Crippen LogP contribution in [-0.2, 0) is 15.3 Å². The minimum absolute atomic E-state index is 0.343. The second kappa shape index (κ2) is 6.81. The molecule has 4 nitrogen and oxygen atoms in total. The molecule has 0 spiro atoms. The monoisotopic (exact) mass is 246 g/mol. The lowest BCUT2D eigenvalue weighted by Crippen LogP contribution is -2.31. The number of methoxy groups -OCH3 is 1. The van der Waals surface area contributed by atoms with Crippen LogP contribution in [0.1, 0.15) is 12.1 Å². The van der Waals surface area contributed by atoms with E-state index in [0.29, 0.717) is 6.42 Å². The maximum Gasteiger partial charge on any atom is 0.322 e. The zero-order valence-corrected chi connectivity index (χ0v) is 10.1. The van der Waals surface area contributed by atoms with Crippen LogP contribution >= 0.6 is 23.1 Å². The Morgan fingerprint density at radius 1 is 1.80 bits per heavy atom. The SMILES string of the molecule is COC(=O)C(N)CCSCc1cscn1. The van der Waals surface area contributed by atoms with Crippen molar-refractivity contribution in [2.75, 3.05) is 12.9 Å². The van der Waals surface area contributed by atoms with Crippen LogP contribution in [-0.4, -0.2) is 29.9 Å². The smallest absolute Gasteiger partial charge is 0.322 e. The number of ether oxygens (including phenoxy) is 1. The van der Waals surface area contributed by atoms with Crippen LogP contribution in [0.25, 0.3) is 0 Å². The Hall–Kier alpha value is -0.590. The van der Waals surface area contributed by atoms with Gasteiger partial charge in [-0.15, -0.1) is 11.3 Å². The molecule has 2 N–H and O–H groups in total. The topological polar surface area (TPSA) is 65.2 Å². The molecule has 0 radical (unpaired) electrons. The van der Waals surface area contributed by atoms with Gasteiger partial charge < -0.3 is 10.5 Å². The molecule has 84 valence electrons. The van der Waals surface area contributed by atoms with Gasteiger partial charge in [-0.1, -0.05) is 0 Å². The number of aromatic nitrogens is 1. The maximum absolute atomic E-state index is 11.0. The number of thiazole rings is 1. The summed E-state index contributed by atoms with van der Waals surface area (Å²) >= 11 is 3.31. The van der Waals surface area contributed by atoms with E-state index in [1.807, 2.05) is 10.9 Å². The van der Waals surface area contributed by atoms with E-state index in [4.69, 9.17) is 5.73 Å². The van der Waals surface area contributed by atoms with Crippen LogP contribution in [0, 0.1) is 0 Å². The van der Waals surface area contributed by atoms with Crippen molar-refractivity contribution in [3.8, 4) is 0 Å². The number of carbonyl (C=O) groups excluding carboxylic acids is 1. The van der Waals surface area contributed by atoms with Crippen LogP contribution in [0.15, 0.2) is 10.9 Å². The maximum atomic E-state index is 11.0. The van der Waals surface area contributed by atoms with E-state index in [1.54, 1.807) is 23.1 Å². The third-order valence-corrected chi connectivity index (χ3v) is 3.47. The van der Waals surface area contributed by atoms with Crippen molar-refractivity contribution in [1.29, 1.82) is 0 Å². The highest BCUT2D eigenvalue weighted by Gasteiger charge is 2.12. The number of rotatable bonds is 6. The molecule has 1 aromatic rings. The van der Waals surface area contributed by atoms with E-state index >= 15 is 0 Å². The largest absolute Gasteiger partial charge is 0.468 e. The van der Waals surface area contributed by atoms with E-state index in [0.717, 1.165) is 17.2 Å². The lowest BCUT2D eigenvalue weighted by Gasteiger charge is -2.07. The lowest BCUT2D eigenvalue weighted by molar-refractivity contribution is -0.142. The molecule has 0 amide bonds. The van der Waals surface area contributed by atoms with Gasteiger partial charge in [0.1, 0.15) is 6.04 Å². The fourth-order valence-electron chi connectivity index (χ4n) is 0.965. The van der Waals surface area contributed by atoms with Gasteiger partial charge in [0.05, 0.1) is 18.3 Å². The van der Waals surface area contributed by atoms with Gasteiger partial charge >= 0.3 is 5.97 Å². The van der Waals surface area contributed by atoms with Crippen LogP contribution in [0.4, 0.5) is 0 Å². The number of hydrogen-bond acceptors (Lipinski definition) is 6. The van der Waals surface area contributed by atoms with Crippen molar-refractivity contribution >= 4 is 29.1 Å². The number of carbonyl (C=O) groups is 1. The molecule has 1 atom stereocenters. The highest BCUT2D eigenvalue weighted by Crippen LogP contribution is 2.13. The number of esters is 1. The first-order valence-corrected chi connectivity index (χ1v) is 6.62. The summed E-state index contributed by atoms with van der Waals surface area (Å²) in [7, 11) is 1.35. The summed E-state index contributed by atoms with van der Waals surface area (Å²) in [5, 5.41) is 2.02. The minimum atomic E-state index is -0.502. The van der Waals surface area contributed by atoms with Gasteiger partial charge in [0.15, 0.2) is 0 Å². The molecule has 0 saturated heterocycles. The highest BCUT2D eigenvalue weighted by molar-refractivity contribution is 7.98. The molecule has 6 heteroatoms. The van der Waals surface area contributed by atoms with Crippen molar-refractivity contribution in [3.63, 3.8) is 0 Å². The van der Waals surface area contributed by atoms with Crippen molar-refractivity contribution < 1.29 is 9.53 Å². The van der Waals surface area contributed by atoms with Crippen LogP contribution < -0.4 is 5.73 Å². The summed E-state index contributed by atoms with van der Waals surface area (Å²) in [6, 6.07) is -0.502.